The van der Waals surface area contributed by atoms with E-state index >= 15 is 0 Å². The van der Waals surface area contributed by atoms with Gasteiger partial charge >= 0.3 is 0 Å². The third kappa shape index (κ3) is 4.61. The summed E-state index contributed by atoms with van der Waals surface area (Å²) >= 11 is 0. The van der Waals surface area contributed by atoms with E-state index in [4.69, 9.17) is 15.1 Å². The lowest BCUT2D eigenvalue weighted by Crippen LogP contribution is -1.98. The normalized spacial score (nSPS) is 11.4. The van der Waals surface area contributed by atoms with E-state index in [9.17, 15) is 0 Å². The van der Waals surface area contributed by atoms with E-state index in [1.807, 2.05) is 48.5 Å². The molecule has 0 spiro atoms. The Kier molecular flexibility index (Phi) is 5.35. The van der Waals surface area contributed by atoms with E-state index in [1.165, 1.54) is 0 Å². The monoisotopic (exact) mass is 285 g/mol. The van der Waals surface area contributed by atoms with E-state index in [0.29, 0.717) is 18.7 Å². The maximum absolute atomic E-state index is 8.99. The Balaban J connectivity index is 1.90. The van der Waals surface area contributed by atoms with Crippen LogP contribution in [0.2, 0.25) is 0 Å². The van der Waals surface area contributed by atoms with Gasteiger partial charge in [0.1, 0.15) is 12.4 Å². The fourth-order valence-corrected chi connectivity index (χ4v) is 1.94. The number of hydrogen-bond acceptors (Lipinski definition) is 4. The van der Waals surface area contributed by atoms with Crippen molar-refractivity contribution >= 4 is 5.71 Å². The minimum absolute atomic E-state index is 0.0547. The molecule has 0 bridgehead atoms. The molecule has 0 saturated carbocycles. The number of benzene rings is 2. The van der Waals surface area contributed by atoms with E-state index in [1.54, 1.807) is 6.92 Å². The highest BCUT2D eigenvalue weighted by Crippen LogP contribution is 2.15. The molecule has 0 aliphatic rings. The van der Waals surface area contributed by atoms with E-state index in [-0.39, 0.29) is 6.61 Å². The summed E-state index contributed by atoms with van der Waals surface area (Å²) < 4.78 is 5.71. The lowest BCUT2D eigenvalue weighted by atomic mass is 10.1. The molecule has 0 aliphatic carbocycles. The Labute approximate surface area is 124 Å². The summed E-state index contributed by atoms with van der Waals surface area (Å²) in [6, 6.07) is 15.4. The van der Waals surface area contributed by atoms with Gasteiger partial charge in [-0.1, -0.05) is 41.6 Å². The molecule has 0 unspecified atom stereocenters. The molecule has 2 aromatic rings. The summed E-state index contributed by atoms with van der Waals surface area (Å²) in [5, 5.41) is 20.8. The highest BCUT2D eigenvalue weighted by molar-refractivity contribution is 5.83. The standard InChI is InChI=1S/C17H19NO3/c1-13(18-20)10-14-6-8-17(9-7-14)21-12-16-4-2-15(11-19)3-5-16/h2-9,19-20H,10-12H2,1H3/b18-13-. The van der Waals surface area contributed by atoms with Crippen LogP contribution in [0.4, 0.5) is 0 Å². The lowest BCUT2D eigenvalue weighted by Gasteiger charge is -2.08. The molecule has 0 radical (unpaired) electrons. The number of oxime groups is 1. The Morgan fingerprint density at radius 3 is 2.10 bits per heavy atom. The van der Waals surface area contributed by atoms with Gasteiger partial charge in [-0.15, -0.1) is 0 Å². The Morgan fingerprint density at radius 2 is 1.52 bits per heavy atom. The van der Waals surface area contributed by atoms with Crippen molar-refractivity contribution in [1.29, 1.82) is 0 Å². The van der Waals surface area contributed by atoms with Gasteiger partial charge in [0.05, 0.1) is 12.3 Å². The molecule has 2 N–H and O–H groups in total. The molecular weight excluding hydrogens is 266 g/mol. The zero-order valence-corrected chi connectivity index (χ0v) is 12.0. The van der Waals surface area contributed by atoms with Crippen LogP contribution in [0.25, 0.3) is 0 Å². The van der Waals surface area contributed by atoms with Gasteiger partial charge in [-0.2, -0.15) is 0 Å². The molecule has 110 valence electrons. The number of hydrogen-bond donors (Lipinski definition) is 2. The summed E-state index contributed by atoms with van der Waals surface area (Å²) in [5.41, 5.74) is 3.70. The van der Waals surface area contributed by atoms with Gasteiger partial charge in [-0.05, 0) is 35.7 Å². The van der Waals surface area contributed by atoms with Crippen LogP contribution in [0.15, 0.2) is 53.7 Å². The van der Waals surface area contributed by atoms with Gasteiger partial charge in [0.2, 0.25) is 0 Å². The molecule has 0 fully saturated rings. The third-order valence-corrected chi connectivity index (χ3v) is 3.17. The van der Waals surface area contributed by atoms with Crippen molar-refractivity contribution in [3.63, 3.8) is 0 Å². The van der Waals surface area contributed by atoms with Crippen LogP contribution < -0.4 is 4.74 Å². The second-order valence-corrected chi connectivity index (χ2v) is 4.92. The average Bonchev–Trinajstić information content (AvgIpc) is 2.54. The first-order valence-corrected chi connectivity index (χ1v) is 6.79. The zero-order valence-electron chi connectivity index (χ0n) is 12.0. The second-order valence-electron chi connectivity index (χ2n) is 4.92. The maximum atomic E-state index is 8.99. The molecule has 0 atom stereocenters. The summed E-state index contributed by atoms with van der Waals surface area (Å²) in [5.74, 6) is 0.795. The van der Waals surface area contributed by atoms with Crippen molar-refractivity contribution < 1.29 is 15.1 Å². The minimum atomic E-state index is 0.0547. The van der Waals surface area contributed by atoms with Gasteiger partial charge in [-0.3, -0.25) is 0 Å². The van der Waals surface area contributed by atoms with Crippen LogP contribution in [0.3, 0.4) is 0 Å². The maximum Gasteiger partial charge on any atom is 0.119 e. The summed E-state index contributed by atoms with van der Waals surface area (Å²) in [6.45, 7) is 2.32. The first kappa shape index (κ1) is 15.1. The number of ether oxygens (including phenoxy) is 1. The number of nitrogens with zero attached hydrogens (tertiary/aromatic N) is 1. The first-order chi connectivity index (χ1) is 10.2. The Bertz CT molecular complexity index is 588. The van der Waals surface area contributed by atoms with E-state index in [2.05, 4.69) is 5.16 Å². The smallest absolute Gasteiger partial charge is 0.119 e. The Hall–Kier alpha value is -2.33. The van der Waals surface area contributed by atoms with Gasteiger partial charge in [0, 0.05) is 6.42 Å². The molecule has 2 aromatic carbocycles. The van der Waals surface area contributed by atoms with E-state index in [0.717, 1.165) is 22.4 Å². The van der Waals surface area contributed by atoms with Crippen LogP contribution in [0.5, 0.6) is 5.75 Å². The highest BCUT2D eigenvalue weighted by Gasteiger charge is 2.00. The van der Waals surface area contributed by atoms with E-state index < -0.39 is 0 Å². The predicted octanol–water partition coefficient (Wildman–Crippen LogP) is 3.15. The van der Waals surface area contributed by atoms with Crippen LogP contribution in [0, 0.1) is 0 Å². The fraction of sp³-hybridized carbons (Fsp3) is 0.235. The van der Waals surface area contributed by atoms with Crippen molar-refractivity contribution in [1.82, 2.24) is 0 Å². The van der Waals surface area contributed by atoms with Crippen molar-refractivity contribution in [3.8, 4) is 5.75 Å². The predicted molar refractivity (Wildman–Crippen MR) is 81.7 cm³/mol. The molecule has 0 saturated heterocycles. The summed E-state index contributed by atoms with van der Waals surface area (Å²) in [7, 11) is 0. The Morgan fingerprint density at radius 1 is 0.952 bits per heavy atom. The molecule has 0 heterocycles. The van der Waals surface area contributed by atoms with Crippen molar-refractivity contribution in [2.45, 2.75) is 26.6 Å². The van der Waals surface area contributed by atoms with Crippen LogP contribution in [0.1, 0.15) is 23.6 Å². The number of aliphatic hydroxyl groups is 1. The SMILES string of the molecule is C/C(Cc1ccc(OCc2ccc(CO)cc2)cc1)=N/O. The summed E-state index contributed by atoms with van der Waals surface area (Å²) in [4.78, 5) is 0. The molecular formula is C17H19NO3. The number of rotatable bonds is 6. The minimum Gasteiger partial charge on any atom is -0.489 e. The van der Waals surface area contributed by atoms with Crippen LogP contribution in [-0.4, -0.2) is 16.0 Å². The molecule has 21 heavy (non-hydrogen) atoms. The van der Waals surface area contributed by atoms with Crippen molar-refractivity contribution in [2.75, 3.05) is 0 Å². The molecule has 4 nitrogen and oxygen atoms in total. The number of aliphatic hydroxyl groups excluding tert-OH is 1. The van der Waals surface area contributed by atoms with Gasteiger partial charge in [-0.25, -0.2) is 0 Å². The van der Waals surface area contributed by atoms with Gasteiger partial charge in [0.25, 0.3) is 0 Å². The average molecular weight is 285 g/mol. The largest absolute Gasteiger partial charge is 0.489 e. The fourth-order valence-electron chi connectivity index (χ4n) is 1.94. The van der Waals surface area contributed by atoms with Crippen LogP contribution >= 0.6 is 0 Å². The van der Waals surface area contributed by atoms with Gasteiger partial charge < -0.3 is 15.1 Å². The molecule has 0 amide bonds. The molecule has 4 heteroatoms. The van der Waals surface area contributed by atoms with Gasteiger partial charge in [0.15, 0.2) is 0 Å². The highest BCUT2D eigenvalue weighted by atomic mass is 16.5. The molecule has 0 aromatic heterocycles. The molecule has 0 aliphatic heterocycles. The van der Waals surface area contributed by atoms with Crippen molar-refractivity contribution in [3.05, 3.63) is 65.2 Å². The topological polar surface area (TPSA) is 62.0 Å². The summed E-state index contributed by atoms with van der Waals surface area (Å²) in [6.07, 6.45) is 0.624. The molecule has 2 rings (SSSR count). The first-order valence-electron chi connectivity index (χ1n) is 6.79. The lowest BCUT2D eigenvalue weighted by molar-refractivity contribution is 0.281. The van der Waals surface area contributed by atoms with Crippen molar-refractivity contribution in [2.24, 2.45) is 5.16 Å². The quantitative estimate of drug-likeness (QED) is 0.487. The van der Waals surface area contributed by atoms with Crippen LogP contribution in [-0.2, 0) is 19.6 Å². The zero-order chi connectivity index (χ0) is 15.1. The third-order valence-electron chi connectivity index (χ3n) is 3.17. The second kappa shape index (κ2) is 7.45.